The minimum absolute atomic E-state index is 0. The zero-order valence-corrected chi connectivity index (χ0v) is 34.1. The molecule has 0 aliphatic carbocycles. The first kappa shape index (κ1) is 43.5. The molecular weight excluding hydrogens is 741 g/mol. The monoisotopic (exact) mass is 792 g/mol. The Morgan fingerprint density at radius 1 is 0.577 bits per heavy atom. The van der Waals surface area contributed by atoms with Gasteiger partial charge in [-0.15, -0.1) is 0 Å². The average Bonchev–Trinajstić information content (AvgIpc) is 3.75. The van der Waals surface area contributed by atoms with Gasteiger partial charge in [0.2, 0.25) is 0 Å². The molecule has 13 heteroatoms. The molecule has 5 aromatic rings. The van der Waals surface area contributed by atoms with E-state index in [9.17, 15) is 38.4 Å². The molecule has 1 radical (unpaired) electrons. The molecule has 4 amide bonds. The van der Waals surface area contributed by atoms with Gasteiger partial charge in [-0.1, -0.05) is 59.4 Å². The second-order valence-corrected chi connectivity index (χ2v) is 10.9. The number of carbonyl (C=O) groups excluding carboxylic acids is 4. The van der Waals surface area contributed by atoms with Crippen molar-refractivity contribution in [2.24, 2.45) is 7.05 Å². The third-order valence-corrected chi connectivity index (χ3v) is 7.95. The van der Waals surface area contributed by atoms with Crippen LogP contribution in [0.2, 0.25) is 0 Å². The van der Waals surface area contributed by atoms with Gasteiger partial charge in [-0.2, -0.15) is 0 Å². The second-order valence-electron chi connectivity index (χ2n) is 10.9. The SMILES string of the molecule is CC.CCCN1C(=O)c2ccccc2C1=O.CCCn1c(=O)c2cc3c(=O)n(C)c(=O)c3cc2c1=O.CN1C(=O)c2ccccc2C1=O.[2H]C.[2H][2H].[CH3-].[CH3-].[Y]. The largest absolute Gasteiger partial charge is 0.358 e. The minimum Gasteiger partial charge on any atom is -0.358 e. The fourth-order valence-electron chi connectivity index (χ4n) is 5.55. The van der Waals surface area contributed by atoms with Crippen molar-refractivity contribution < 1.29 is 56.2 Å². The molecule has 2 aliphatic rings. The van der Waals surface area contributed by atoms with E-state index >= 15 is 0 Å². The quantitative estimate of drug-likeness (QED) is 0.176. The summed E-state index contributed by atoms with van der Waals surface area (Å²) in [5.74, 6) is -0.744. The van der Waals surface area contributed by atoms with Crippen LogP contribution in [0.25, 0.3) is 21.5 Å². The zero-order chi connectivity index (χ0) is 39.4. The summed E-state index contributed by atoms with van der Waals surface area (Å²) in [4.78, 5) is 96.6. The maximum absolute atomic E-state index is 12.2. The molecule has 277 valence electrons. The number of hydrogen-bond donors (Lipinski definition) is 0. The maximum atomic E-state index is 12.2. The van der Waals surface area contributed by atoms with Crippen molar-refractivity contribution in [2.75, 3.05) is 13.6 Å². The zero-order valence-electron chi connectivity index (χ0n) is 34.2. The van der Waals surface area contributed by atoms with Gasteiger partial charge in [0.25, 0.3) is 45.9 Å². The first-order valence-electron chi connectivity index (χ1n) is 17.7. The third kappa shape index (κ3) is 8.34. The van der Waals surface area contributed by atoms with Gasteiger partial charge < -0.3 is 14.9 Å². The molecule has 0 saturated carbocycles. The Morgan fingerprint density at radius 2 is 0.885 bits per heavy atom. The summed E-state index contributed by atoms with van der Waals surface area (Å²) in [6.45, 7) is 8.65. The molecule has 0 unspecified atom stereocenters. The van der Waals surface area contributed by atoms with Crippen LogP contribution in [0, 0.1) is 14.9 Å². The van der Waals surface area contributed by atoms with Crippen molar-refractivity contribution in [2.45, 2.75) is 54.5 Å². The first-order valence-corrected chi connectivity index (χ1v) is 15.7. The molecule has 0 fully saturated rings. The van der Waals surface area contributed by atoms with Gasteiger partial charge >= 0.3 is 0 Å². The van der Waals surface area contributed by atoms with Crippen LogP contribution in [0.5, 0.6) is 0 Å². The Hall–Kier alpha value is -4.68. The molecule has 0 spiro atoms. The van der Waals surface area contributed by atoms with Crippen molar-refractivity contribution in [3.8, 4) is 0 Å². The van der Waals surface area contributed by atoms with Gasteiger partial charge in [0.05, 0.1) is 43.8 Å². The summed E-state index contributed by atoms with van der Waals surface area (Å²) in [7, 11) is 4.12. The van der Waals surface area contributed by atoms with Crippen LogP contribution in [-0.2, 0) is 46.3 Å². The molecule has 0 atom stereocenters. The van der Waals surface area contributed by atoms with E-state index in [1.807, 2.05) is 27.7 Å². The Balaban J connectivity index is 0. The molecule has 52 heavy (non-hydrogen) atoms. The summed E-state index contributed by atoms with van der Waals surface area (Å²) in [5, 5.41) is 0.795. The number of aromatic nitrogens is 2. The summed E-state index contributed by atoms with van der Waals surface area (Å²) in [6.07, 6.45) is 1.46. The van der Waals surface area contributed by atoms with Gasteiger partial charge in [0.15, 0.2) is 0 Å². The number of benzene rings is 3. The number of nitrogens with zero attached hydrogens (tertiary/aromatic N) is 4. The molecule has 0 bridgehead atoms. The molecule has 0 saturated heterocycles. The standard InChI is InChI=1S/C14H12N2O4.C11H11NO2.C9H7NO2.C2H6.CH4.2CH3.Y.H2/c1-3-4-16-13(19)9-5-7-8(6-10(9)14(16)20)12(18)15(2)11(7)17;1-2-7-12-10(13)8-5-3-4-6-9(8)11(12)14;1-10-8(11)6-4-2-3-5-7(6)9(10)12;1-2;;;;;/h5-6H,3-4H2,1-2H3;3-6H,2,7H2,1H3;2-5H,1H3;1-2H3;1H4;2*1H3;;1H/q;;;;;2*-1;;/i;;;;1D;;;;1+1D. The number of fused-ring (bicyclic) bond motifs is 4. The Labute approximate surface area is 333 Å². The number of amides is 4. The third-order valence-electron chi connectivity index (χ3n) is 7.95. The van der Waals surface area contributed by atoms with Gasteiger partial charge in [0.1, 0.15) is 0 Å². The second kappa shape index (κ2) is 19.8. The number of rotatable bonds is 4. The fourth-order valence-corrected chi connectivity index (χ4v) is 5.55. The van der Waals surface area contributed by atoms with Crippen molar-refractivity contribution >= 4 is 45.2 Å². The molecule has 2 aromatic heterocycles. The van der Waals surface area contributed by atoms with Crippen molar-refractivity contribution in [1.29, 1.82) is 0 Å². The van der Waals surface area contributed by atoms with E-state index in [1.54, 1.807) is 48.5 Å². The van der Waals surface area contributed by atoms with E-state index in [1.165, 1.54) is 38.5 Å². The Bertz CT molecular complexity index is 2160. The summed E-state index contributed by atoms with van der Waals surface area (Å²) < 4.78 is 17.9. The van der Waals surface area contributed by atoms with E-state index in [0.29, 0.717) is 41.8 Å². The van der Waals surface area contributed by atoms with E-state index in [4.69, 9.17) is 4.34 Å². The maximum Gasteiger partial charge on any atom is 0.261 e. The van der Waals surface area contributed by atoms with Crippen LogP contribution in [-0.4, -0.2) is 56.2 Å². The molecule has 3 aromatic carbocycles. The van der Waals surface area contributed by atoms with Crippen molar-refractivity contribution in [1.82, 2.24) is 18.9 Å². The fraction of sp³-hybridized carbons (Fsp3) is 0.282. The van der Waals surface area contributed by atoms with E-state index < -0.39 is 22.2 Å². The molecular formula is C39H48N4O8Y-2. The topological polar surface area (TPSA) is 153 Å². The molecule has 2 aliphatic heterocycles. The van der Waals surface area contributed by atoms with E-state index in [-0.39, 0.29) is 92.7 Å². The van der Waals surface area contributed by atoms with Crippen LogP contribution in [0.4, 0.5) is 0 Å². The predicted octanol–water partition coefficient (Wildman–Crippen LogP) is 5.27. The van der Waals surface area contributed by atoms with Crippen molar-refractivity contribution in [3.63, 3.8) is 0 Å². The summed E-state index contributed by atoms with van der Waals surface area (Å²) >= 11 is 0. The van der Waals surface area contributed by atoms with Crippen LogP contribution in [0.3, 0.4) is 0 Å². The summed E-state index contributed by atoms with van der Waals surface area (Å²) in [5.41, 5.74) is 0.393. The average molecular weight is 793 g/mol. The van der Waals surface area contributed by atoms with Crippen LogP contribution in [0.15, 0.2) is 79.8 Å². The smallest absolute Gasteiger partial charge is 0.261 e. The van der Waals surface area contributed by atoms with Crippen LogP contribution in [0.1, 0.15) is 93.7 Å². The van der Waals surface area contributed by atoms with Gasteiger partial charge in [-0.3, -0.25) is 57.3 Å². The van der Waals surface area contributed by atoms with Gasteiger partial charge in [0, 0.05) is 64.2 Å². The van der Waals surface area contributed by atoms with Gasteiger partial charge in [-0.05, 0) is 49.2 Å². The predicted molar refractivity (Wildman–Crippen MR) is 204 cm³/mol. The first-order chi connectivity index (χ1) is 24.9. The Morgan fingerprint density at radius 3 is 1.21 bits per heavy atom. The van der Waals surface area contributed by atoms with Crippen LogP contribution < -0.4 is 22.2 Å². The van der Waals surface area contributed by atoms with Crippen LogP contribution >= 0.6 is 0 Å². The Kier molecular flexibility index (Phi) is 16.6. The number of imide groups is 2. The molecule has 0 N–H and O–H groups in total. The van der Waals surface area contributed by atoms with E-state index in [0.717, 1.165) is 20.5 Å². The number of hydrogen-bond acceptors (Lipinski definition) is 8. The molecule has 7 rings (SSSR count). The molecule has 4 heterocycles. The summed E-state index contributed by atoms with van der Waals surface area (Å²) in [6, 6.07) is 16.5. The minimum atomic E-state index is -0.443. The van der Waals surface area contributed by atoms with Gasteiger partial charge in [-0.25, -0.2) is 0 Å². The van der Waals surface area contributed by atoms with Crippen molar-refractivity contribution in [3.05, 3.63) is 139 Å². The normalized spacial score (nSPS) is 12.4. The number of carbonyl (C=O) groups is 4. The molecule has 12 nitrogen and oxygen atoms in total. The van der Waals surface area contributed by atoms with E-state index in [2.05, 4.69) is 0 Å².